The number of ether oxygens (including phenoxy) is 1. The molecular formula is C15H30O2Si. The molecule has 0 spiro atoms. The van der Waals surface area contributed by atoms with E-state index in [1.807, 2.05) is 6.92 Å². The van der Waals surface area contributed by atoms with Crippen LogP contribution in [0, 0.1) is 5.92 Å². The molecule has 3 heteroatoms. The number of hydrogen-bond acceptors (Lipinski definition) is 2. The van der Waals surface area contributed by atoms with Crippen LogP contribution in [-0.2, 0) is 9.16 Å². The van der Waals surface area contributed by atoms with Crippen LogP contribution in [0.2, 0.25) is 18.1 Å². The smallest absolute Gasteiger partial charge is 0.191 e. The molecule has 0 N–H and O–H groups in total. The van der Waals surface area contributed by atoms with Crippen molar-refractivity contribution in [2.45, 2.75) is 71.7 Å². The molecule has 0 saturated heterocycles. The monoisotopic (exact) mass is 270 g/mol. The van der Waals surface area contributed by atoms with Gasteiger partial charge in [0.25, 0.3) is 0 Å². The van der Waals surface area contributed by atoms with Gasteiger partial charge in [0.15, 0.2) is 8.32 Å². The highest BCUT2D eigenvalue weighted by molar-refractivity contribution is 6.74. The van der Waals surface area contributed by atoms with Crippen LogP contribution in [0.15, 0.2) is 11.8 Å². The average molecular weight is 270 g/mol. The quantitative estimate of drug-likeness (QED) is 0.688. The van der Waals surface area contributed by atoms with Crippen LogP contribution in [0.3, 0.4) is 0 Å². The fraction of sp³-hybridized carbons (Fsp3) is 0.867. The third kappa shape index (κ3) is 4.13. The van der Waals surface area contributed by atoms with Crippen LogP contribution in [0.25, 0.3) is 0 Å². The van der Waals surface area contributed by atoms with E-state index < -0.39 is 8.32 Å². The molecule has 0 aromatic rings. The van der Waals surface area contributed by atoms with E-state index >= 15 is 0 Å². The molecule has 106 valence electrons. The Balaban J connectivity index is 2.41. The lowest BCUT2D eigenvalue weighted by atomic mass is 9.96. The summed E-state index contributed by atoms with van der Waals surface area (Å²) in [7, 11) is -1.60. The van der Waals surface area contributed by atoms with Gasteiger partial charge in [-0.05, 0) is 43.5 Å². The van der Waals surface area contributed by atoms with Crippen molar-refractivity contribution >= 4 is 8.32 Å². The summed E-state index contributed by atoms with van der Waals surface area (Å²) in [6.07, 6.45) is 4.67. The maximum Gasteiger partial charge on any atom is 0.191 e. The minimum atomic E-state index is -1.60. The number of hydrogen-bond donors (Lipinski definition) is 0. The summed E-state index contributed by atoms with van der Waals surface area (Å²) in [6.45, 7) is 16.6. The zero-order valence-corrected chi connectivity index (χ0v) is 14.2. The Morgan fingerprint density at radius 1 is 1.39 bits per heavy atom. The highest BCUT2D eigenvalue weighted by atomic mass is 28.4. The molecule has 0 aromatic heterocycles. The minimum Gasteiger partial charge on any atom is -0.495 e. The second kappa shape index (κ2) is 5.79. The topological polar surface area (TPSA) is 18.5 Å². The summed E-state index contributed by atoms with van der Waals surface area (Å²) < 4.78 is 12.1. The molecule has 0 saturated carbocycles. The Kier molecular flexibility index (Phi) is 5.07. The highest BCUT2D eigenvalue weighted by Gasteiger charge is 2.37. The summed E-state index contributed by atoms with van der Waals surface area (Å²) in [4.78, 5) is 0. The van der Waals surface area contributed by atoms with Crippen molar-refractivity contribution in [2.75, 3.05) is 6.61 Å². The molecule has 0 bridgehead atoms. The Bertz CT molecular complexity index is 302. The Hall–Kier alpha value is -0.283. The van der Waals surface area contributed by atoms with Crippen LogP contribution in [0.4, 0.5) is 0 Å². The largest absolute Gasteiger partial charge is 0.495 e. The first kappa shape index (κ1) is 15.8. The first-order valence-electron chi connectivity index (χ1n) is 7.11. The molecule has 1 rings (SSSR count). The van der Waals surface area contributed by atoms with Crippen LogP contribution >= 0.6 is 0 Å². The predicted molar refractivity (Wildman–Crippen MR) is 80.2 cm³/mol. The first-order valence-corrected chi connectivity index (χ1v) is 10.0. The molecule has 1 aliphatic rings. The van der Waals surface area contributed by atoms with Crippen molar-refractivity contribution in [2.24, 2.45) is 5.92 Å². The highest BCUT2D eigenvalue weighted by Crippen LogP contribution is 2.37. The lowest BCUT2D eigenvalue weighted by Crippen LogP contribution is -2.41. The van der Waals surface area contributed by atoms with E-state index in [4.69, 9.17) is 9.16 Å². The normalized spacial score (nSPS) is 25.6. The molecule has 0 radical (unpaired) electrons. The van der Waals surface area contributed by atoms with E-state index in [-0.39, 0.29) is 0 Å². The van der Waals surface area contributed by atoms with E-state index in [1.165, 1.54) is 0 Å². The minimum absolute atomic E-state index is 0.294. The SMILES string of the molecule is CC1=CC[C@H](C)[C@@H](CCO[Si](C)(C)C(C)(C)C)O1. The Labute approximate surface area is 114 Å². The average Bonchev–Trinajstić information content (AvgIpc) is 2.21. The van der Waals surface area contributed by atoms with Gasteiger partial charge >= 0.3 is 0 Å². The molecule has 0 amide bonds. The summed E-state index contributed by atoms with van der Waals surface area (Å²) in [5, 5.41) is 0.294. The van der Waals surface area contributed by atoms with Gasteiger partial charge in [0, 0.05) is 13.0 Å². The lowest BCUT2D eigenvalue weighted by molar-refractivity contribution is 0.0382. The van der Waals surface area contributed by atoms with Gasteiger partial charge in [-0.15, -0.1) is 0 Å². The van der Waals surface area contributed by atoms with E-state index in [0.717, 1.165) is 25.2 Å². The van der Waals surface area contributed by atoms with E-state index in [2.05, 4.69) is 46.9 Å². The Morgan fingerprint density at radius 2 is 2.00 bits per heavy atom. The lowest BCUT2D eigenvalue weighted by Gasteiger charge is -2.37. The van der Waals surface area contributed by atoms with Crippen molar-refractivity contribution in [1.29, 1.82) is 0 Å². The second-order valence-electron chi connectivity index (χ2n) is 7.08. The predicted octanol–water partition coefficient (Wildman–Crippen LogP) is 4.73. The van der Waals surface area contributed by atoms with E-state index in [0.29, 0.717) is 17.1 Å². The van der Waals surface area contributed by atoms with Crippen molar-refractivity contribution in [1.82, 2.24) is 0 Å². The molecule has 0 aliphatic carbocycles. The first-order chi connectivity index (χ1) is 8.13. The van der Waals surface area contributed by atoms with Gasteiger partial charge < -0.3 is 9.16 Å². The maximum atomic E-state index is 6.22. The van der Waals surface area contributed by atoms with E-state index in [1.54, 1.807) is 0 Å². The molecule has 18 heavy (non-hydrogen) atoms. The molecule has 2 nitrogen and oxygen atoms in total. The number of rotatable bonds is 4. The number of allylic oxidation sites excluding steroid dienone is 2. The van der Waals surface area contributed by atoms with Gasteiger partial charge in [-0.1, -0.05) is 27.7 Å². The summed E-state index contributed by atoms with van der Waals surface area (Å²) >= 11 is 0. The zero-order valence-electron chi connectivity index (χ0n) is 13.2. The fourth-order valence-corrected chi connectivity index (χ4v) is 2.96. The van der Waals surface area contributed by atoms with Crippen molar-refractivity contribution in [3.05, 3.63) is 11.8 Å². The van der Waals surface area contributed by atoms with Gasteiger partial charge in [-0.25, -0.2) is 0 Å². The molecular weight excluding hydrogens is 240 g/mol. The zero-order chi connectivity index (χ0) is 14.0. The van der Waals surface area contributed by atoms with Crippen LogP contribution < -0.4 is 0 Å². The Morgan fingerprint density at radius 3 is 2.56 bits per heavy atom. The molecule has 0 fully saturated rings. The fourth-order valence-electron chi connectivity index (χ4n) is 1.90. The van der Waals surface area contributed by atoms with E-state index in [9.17, 15) is 0 Å². The molecule has 1 aliphatic heterocycles. The van der Waals surface area contributed by atoms with Crippen molar-refractivity contribution in [3.8, 4) is 0 Å². The van der Waals surface area contributed by atoms with Crippen molar-refractivity contribution in [3.63, 3.8) is 0 Å². The second-order valence-corrected chi connectivity index (χ2v) is 11.9. The molecule has 0 unspecified atom stereocenters. The summed E-state index contributed by atoms with van der Waals surface area (Å²) in [5.41, 5.74) is 0. The third-order valence-corrected chi connectivity index (χ3v) is 8.96. The molecule has 1 heterocycles. The van der Waals surface area contributed by atoms with Gasteiger partial charge in [-0.3, -0.25) is 0 Å². The molecule has 2 atom stereocenters. The van der Waals surface area contributed by atoms with Crippen LogP contribution in [0.5, 0.6) is 0 Å². The van der Waals surface area contributed by atoms with Crippen LogP contribution in [-0.4, -0.2) is 21.0 Å². The van der Waals surface area contributed by atoms with Gasteiger partial charge in [0.05, 0.1) is 5.76 Å². The van der Waals surface area contributed by atoms with Crippen molar-refractivity contribution < 1.29 is 9.16 Å². The van der Waals surface area contributed by atoms with Gasteiger partial charge in [0.2, 0.25) is 0 Å². The third-order valence-electron chi connectivity index (χ3n) is 4.42. The summed E-state index contributed by atoms with van der Waals surface area (Å²) in [6, 6.07) is 0. The van der Waals surface area contributed by atoms with Gasteiger partial charge in [0.1, 0.15) is 6.10 Å². The van der Waals surface area contributed by atoms with Crippen LogP contribution in [0.1, 0.15) is 47.5 Å². The summed E-state index contributed by atoms with van der Waals surface area (Å²) in [5.74, 6) is 1.68. The standard InChI is InChI=1S/C15H30O2Si/c1-12-8-9-13(2)17-14(12)10-11-16-18(6,7)15(3,4)5/h9,12,14H,8,10-11H2,1-7H3/t12-,14+/m0/s1. The maximum absolute atomic E-state index is 6.22. The van der Waals surface area contributed by atoms with Gasteiger partial charge in [-0.2, -0.15) is 0 Å². The molecule has 0 aromatic carbocycles.